The zero-order valence-corrected chi connectivity index (χ0v) is 18.4. The van der Waals surface area contributed by atoms with E-state index in [1.807, 2.05) is 31.0 Å². The minimum atomic E-state index is -0.400. The number of rotatable bonds is 6. The number of carbonyl (C=O) groups is 1. The van der Waals surface area contributed by atoms with Gasteiger partial charge in [-0.2, -0.15) is 10.2 Å². The van der Waals surface area contributed by atoms with Gasteiger partial charge in [0.05, 0.1) is 29.0 Å². The molecule has 2 aromatic heterocycles. The molecule has 0 saturated heterocycles. The second kappa shape index (κ2) is 7.76. The van der Waals surface area contributed by atoms with Crippen molar-refractivity contribution >= 4 is 24.5 Å². The van der Waals surface area contributed by atoms with Crippen LogP contribution in [0, 0.1) is 36.9 Å². The molecule has 2 aromatic rings. The van der Waals surface area contributed by atoms with Crippen LogP contribution in [-0.4, -0.2) is 40.4 Å². The molecule has 3 aliphatic carbocycles. The predicted octanol–water partition coefficient (Wildman–Crippen LogP) is 4.03. The fraction of sp³-hybridized carbons (Fsp3) is 0.458. The number of halogens is 1. The van der Waals surface area contributed by atoms with Crippen LogP contribution in [0.4, 0.5) is 10.1 Å². The lowest BCUT2D eigenvalue weighted by molar-refractivity contribution is -0.148. The maximum atomic E-state index is 13.7. The fourth-order valence-corrected chi connectivity index (χ4v) is 5.73. The molecule has 166 valence electrons. The van der Waals surface area contributed by atoms with Gasteiger partial charge in [-0.1, -0.05) is 0 Å². The van der Waals surface area contributed by atoms with Gasteiger partial charge in [-0.3, -0.25) is 19.8 Å². The highest BCUT2D eigenvalue weighted by molar-refractivity contribution is 5.86. The molecule has 3 saturated carbocycles. The van der Waals surface area contributed by atoms with Gasteiger partial charge in [0.1, 0.15) is 5.82 Å². The van der Waals surface area contributed by atoms with Gasteiger partial charge in [-0.05, 0) is 68.7 Å². The van der Waals surface area contributed by atoms with Crippen molar-refractivity contribution in [3.8, 4) is 0 Å². The average Bonchev–Trinajstić information content (AvgIpc) is 3.45. The maximum absolute atomic E-state index is 13.7. The molecular formula is C24H27FN6O. The number of hydrogen-bond donors (Lipinski definition) is 0. The van der Waals surface area contributed by atoms with Crippen LogP contribution in [0.2, 0.25) is 0 Å². The third-order valence-corrected chi connectivity index (χ3v) is 7.28. The minimum Gasteiger partial charge on any atom is -0.272 e. The van der Waals surface area contributed by atoms with Crippen LogP contribution in [0.5, 0.6) is 0 Å². The normalized spacial score (nSPS) is 28.0. The molecular weight excluding hydrogens is 407 g/mol. The molecule has 0 N–H and O–H groups in total. The summed E-state index contributed by atoms with van der Waals surface area (Å²) < 4.78 is 13.7. The monoisotopic (exact) mass is 434 g/mol. The van der Waals surface area contributed by atoms with Crippen LogP contribution in [0.3, 0.4) is 0 Å². The van der Waals surface area contributed by atoms with Gasteiger partial charge in [-0.25, -0.2) is 9.40 Å². The third kappa shape index (κ3) is 3.38. The minimum absolute atomic E-state index is 0.0468. The quantitative estimate of drug-likeness (QED) is 0.508. The van der Waals surface area contributed by atoms with Gasteiger partial charge in [0.25, 0.3) is 0 Å². The van der Waals surface area contributed by atoms with E-state index < -0.39 is 5.82 Å². The smallest absolute Gasteiger partial charge is 0.249 e. The standard InChI is InChI=1S/C24H27FN6O/c1-15-4-5-21(16(2)29-15)30(26-3)14-19-11-24(9-18(19)10-24)23(32)31-22(6-7-28-31)17-8-20(25)13-27-12-17/h4-5,7-8,12-13,18-19,22H,3,6,9-11,14H2,1-2H3/t18?,19-,22?,24?/m0/s1. The predicted molar refractivity (Wildman–Crippen MR) is 121 cm³/mol. The van der Waals surface area contributed by atoms with Crippen molar-refractivity contribution in [3.63, 3.8) is 0 Å². The Balaban J connectivity index is 1.30. The molecule has 32 heavy (non-hydrogen) atoms. The molecule has 1 amide bonds. The molecule has 4 aliphatic rings. The highest BCUT2D eigenvalue weighted by Crippen LogP contribution is 2.63. The summed E-state index contributed by atoms with van der Waals surface area (Å²) >= 11 is 0. The molecule has 1 aliphatic heterocycles. The molecule has 0 spiro atoms. The topological polar surface area (TPSA) is 74.1 Å². The van der Waals surface area contributed by atoms with E-state index in [-0.39, 0.29) is 17.4 Å². The lowest BCUT2D eigenvalue weighted by Gasteiger charge is -2.40. The maximum Gasteiger partial charge on any atom is 0.249 e. The van der Waals surface area contributed by atoms with E-state index in [2.05, 4.69) is 26.9 Å². The summed E-state index contributed by atoms with van der Waals surface area (Å²) in [5.41, 5.74) is 3.15. The number of hydrazone groups is 2. The largest absolute Gasteiger partial charge is 0.272 e. The van der Waals surface area contributed by atoms with E-state index in [0.29, 0.717) is 23.8 Å². The summed E-state index contributed by atoms with van der Waals surface area (Å²) in [6.45, 7) is 8.43. The summed E-state index contributed by atoms with van der Waals surface area (Å²) in [6, 6.07) is 5.17. The van der Waals surface area contributed by atoms with Crippen LogP contribution in [0.25, 0.3) is 0 Å². The van der Waals surface area contributed by atoms with E-state index in [1.54, 1.807) is 17.4 Å². The number of pyridine rings is 2. The number of hydrogen-bond acceptors (Lipinski definition) is 6. The highest BCUT2D eigenvalue weighted by Gasteiger charge is 2.62. The number of carbonyl (C=O) groups excluding carboxylic acids is 1. The van der Waals surface area contributed by atoms with Crippen LogP contribution in [-0.2, 0) is 4.79 Å². The van der Waals surface area contributed by atoms with Gasteiger partial charge in [-0.15, -0.1) is 0 Å². The Morgan fingerprint density at radius 2 is 2.12 bits per heavy atom. The molecule has 0 aromatic carbocycles. The van der Waals surface area contributed by atoms with Crippen molar-refractivity contribution in [2.75, 3.05) is 11.6 Å². The molecule has 6 rings (SSSR count). The number of aromatic nitrogens is 2. The Hall–Kier alpha value is -3.16. The summed E-state index contributed by atoms with van der Waals surface area (Å²) in [5, 5.41) is 12.1. The summed E-state index contributed by atoms with van der Waals surface area (Å²) in [5.74, 6) is 0.488. The Morgan fingerprint density at radius 1 is 1.31 bits per heavy atom. The molecule has 2 atom stereocenters. The molecule has 0 radical (unpaired) electrons. The van der Waals surface area contributed by atoms with Crippen molar-refractivity contribution in [2.24, 2.45) is 27.5 Å². The zero-order chi connectivity index (χ0) is 22.5. The number of anilines is 1. The average molecular weight is 435 g/mol. The SMILES string of the molecule is C=NN(C[C@@H]1CC2(C(=O)N3N=CCC3c3cncc(F)c3)CC1C2)c1ccc(C)nc1C. The van der Waals surface area contributed by atoms with Crippen LogP contribution in [0.1, 0.15) is 48.7 Å². The number of amides is 1. The Labute approximate surface area is 187 Å². The first-order valence-corrected chi connectivity index (χ1v) is 11.1. The lowest BCUT2D eigenvalue weighted by Crippen LogP contribution is -2.45. The van der Waals surface area contributed by atoms with Crippen LogP contribution < -0.4 is 5.01 Å². The van der Waals surface area contributed by atoms with E-state index in [4.69, 9.17) is 0 Å². The van der Waals surface area contributed by atoms with Crippen molar-refractivity contribution in [1.82, 2.24) is 15.0 Å². The van der Waals surface area contributed by atoms with E-state index in [1.165, 1.54) is 12.3 Å². The summed E-state index contributed by atoms with van der Waals surface area (Å²) in [4.78, 5) is 22.1. The van der Waals surface area contributed by atoms with Gasteiger partial charge in [0, 0.05) is 37.8 Å². The summed E-state index contributed by atoms with van der Waals surface area (Å²) in [6.07, 6.45) is 7.65. The van der Waals surface area contributed by atoms with Gasteiger partial charge < -0.3 is 0 Å². The first-order chi connectivity index (χ1) is 15.4. The van der Waals surface area contributed by atoms with Crippen molar-refractivity contribution in [1.29, 1.82) is 0 Å². The highest BCUT2D eigenvalue weighted by atomic mass is 19.1. The van der Waals surface area contributed by atoms with Crippen molar-refractivity contribution < 1.29 is 9.18 Å². The van der Waals surface area contributed by atoms with E-state index in [0.717, 1.165) is 42.9 Å². The second-order valence-electron chi connectivity index (χ2n) is 9.33. The van der Waals surface area contributed by atoms with Crippen LogP contribution >= 0.6 is 0 Å². The lowest BCUT2D eigenvalue weighted by atomic mass is 9.68. The Kier molecular flexibility index (Phi) is 5.03. The number of nitrogens with zero attached hydrogens (tertiary/aromatic N) is 6. The zero-order valence-electron chi connectivity index (χ0n) is 18.4. The fourth-order valence-electron chi connectivity index (χ4n) is 5.73. The molecule has 1 unspecified atom stereocenters. The third-order valence-electron chi connectivity index (χ3n) is 7.28. The molecule has 3 heterocycles. The number of fused-ring (bicyclic) bond motifs is 1. The molecule has 8 heteroatoms. The molecule has 3 fully saturated rings. The van der Waals surface area contributed by atoms with Gasteiger partial charge in [0.2, 0.25) is 5.91 Å². The molecule has 2 bridgehead atoms. The molecule has 7 nitrogen and oxygen atoms in total. The van der Waals surface area contributed by atoms with E-state index in [9.17, 15) is 9.18 Å². The first-order valence-electron chi connectivity index (χ1n) is 11.1. The van der Waals surface area contributed by atoms with Crippen molar-refractivity contribution in [2.45, 2.75) is 45.6 Å². The van der Waals surface area contributed by atoms with Gasteiger partial charge >= 0.3 is 0 Å². The van der Waals surface area contributed by atoms with E-state index >= 15 is 0 Å². The number of aryl methyl sites for hydroxylation is 2. The Bertz CT molecular complexity index is 1100. The van der Waals surface area contributed by atoms with Crippen LogP contribution in [0.15, 0.2) is 40.8 Å². The Morgan fingerprint density at radius 3 is 2.84 bits per heavy atom. The first kappa shape index (κ1) is 20.7. The second-order valence-corrected chi connectivity index (χ2v) is 9.33. The van der Waals surface area contributed by atoms with Crippen molar-refractivity contribution in [3.05, 3.63) is 53.4 Å². The van der Waals surface area contributed by atoms with Gasteiger partial charge in [0.15, 0.2) is 0 Å². The summed E-state index contributed by atoms with van der Waals surface area (Å²) in [7, 11) is 0.